The minimum Gasteiger partial charge on any atom is -0.487 e. The van der Waals surface area contributed by atoms with Crippen molar-refractivity contribution in [3.8, 4) is 5.75 Å². The second kappa shape index (κ2) is 6.89. The Bertz CT molecular complexity index is 522. The van der Waals surface area contributed by atoms with Crippen LogP contribution < -0.4 is 10.1 Å². The third kappa shape index (κ3) is 3.70. The molecule has 2 rings (SSSR count). The zero-order valence-corrected chi connectivity index (χ0v) is 12.3. The van der Waals surface area contributed by atoms with E-state index in [2.05, 4.69) is 41.3 Å². The maximum atomic E-state index is 5.71. The van der Waals surface area contributed by atoms with Gasteiger partial charge < -0.3 is 10.1 Å². The summed E-state index contributed by atoms with van der Waals surface area (Å²) in [4.78, 5) is 8.48. The Morgan fingerprint density at radius 1 is 1.15 bits per heavy atom. The highest BCUT2D eigenvalue weighted by molar-refractivity contribution is 5.30. The van der Waals surface area contributed by atoms with Gasteiger partial charge in [-0.2, -0.15) is 0 Å². The van der Waals surface area contributed by atoms with Crippen molar-refractivity contribution in [1.29, 1.82) is 0 Å². The van der Waals surface area contributed by atoms with Crippen LogP contribution in [0.4, 0.5) is 5.82 Å². The smallest absolute Gasteiger partial charge is 0.144 e. The Kier molecular flexibility index (Phi) is 4.93. The van der Waals surface area contributed by atoms with Gasteiger partial charge in [-0.15, -0.1) is 0 Å². The molecular formula is C16H21N3O. The molecule has 0 aliphatic heterocycles. The van der Waals surface area contributed by atoms with Crippen LogP contribution in [0.2, 0.25) is 0 Å². The first-order valence-corrected chi connectivity index (χ1v) is 6.94. The van der Waals surface area contributed by atoms with Crippen molar-refractivity contribution in [2.45, 2.75) is 32.8 Å². The first-order chi connectivity index (χ1) is 9.72. The van der Waals surface area contributed by atoms with Crippen LogP contribution in [-0.2, 0) is 6.61 Å². The molecule has 0 fully saturated rings. The predicted molar refractivity (Wildman–Crippen MR) is 81.1 cm³/mol. The van der Waals surface area contributed by atoms with Crippen LogP contribution in [0.15, 0.2) is 36.7 Å². The Labute approximate surface area is 120 Å². The van der Waals surface area contributed by atoms with Crippen molar-refractivity contribution in [2.24, 2.45) is 0 Å². The van der Waals surface area contributed by atoms with Gasteiger partial charge in [0, 0.05) is 7.05 Å². The van der Waals surface area contributed by atoms with Gasteiger partial charge in [-0.1, -0.05) is 26.0 Å². The van der Waals surface area contributed by atoms with Crippen molar-refractivity contribution in [3.05, 3.63) is 47.9 Å². The molecule has 0 saturated heterocycles. The largest absolute Gasteiger partial charge is 0.487 e. The van der Waals surface area contributed by atoms with Crippen LogP contribution in [-0.4, -0.2) is 17.0 Å². The topological polar surface area (TPSA) is 47.0 Å². The Balaban J connectivity index is 1.93. The van der Waals surface area contributed by atoms with Crippen LogP contribution in [0.3, 0.4) is 0 Å². The average molecular weight is 271 g/mol. The number of hydrogen-bond donors (Lipinski definition) is 1. The molecule has 0 radical (unpaired) electrons. The van der Waals surface area contributed by atoms with Crippen LogP contribution in [0.25, 0.3) is 0 Å². The molecule has 106 valence electrons. The van der Waals surface area contributed by atoms with Gasteiger partial charge in [0.1, 0.15) is 18.2 Å². The first kappa shape index (κ1) is 14.3. The summed E-state index contributed by atoms with van der Waals surface area (Å²) in [6.45, 7) is 4.86. The van der Waals surface area contributed by atoms with E-state index in [1.807, 2.05) is 19.2 Å². The molecule has 4 nitrogen and oxygen atoms in total. The van der Waals surface area contributed by atoms with E-state index < -0.39 is 0 Å². The molecule has 0 saturated carbocycles. The molecule has 0 amide bonds. The summed E-state index contributed by atoms with van der Waals surface area (Å²) in [7, 11) is 1.82. The summed E-state index contributed by atoms with van der Waals surface area (Å²) in [6, 6.07) is 8.27. The molecule has 0 bridgehead atoms. The Hall–Kier alpha value is -2.10. The predicted octanol–water partition coefficient (Wildman–Crippen LogP) is 3.61. The fraction of sp³-hybridized carbons (Fsp3) is 0.375. The lowest BCUT2D eigenvalue weighted by molar-refractivity contribution is 0.300. The minimum atomic E-state index is 0.430. The summed E-state index contributed by atoms with van der Waals surface area (Å²) in [5.41, 5.74) is 2.16. The van der Waals surface area contributed by atoms with Gasteiger partial charge in [-0.3, -0.25) is 4.98 Å². The van der Waals surface area contributed by atoms with E-state index in [-0.39, 0.29) is 0 Å². The molecule has 1 heterocycles. The fourth-order valence-electron chi connectivity index (χ4n) is 1.84. The highest BCUT2D eigenvalue weighted by Gasteiger charge is 2.03. The van der Waals surface area contributed by atoms with Crippen LogP contribution in [0.1, 0.15) is 37.4 Å². The molecule has 1 atom stereocenters. The number of nitrogens with one attached hydrogen (secondary N) is 1. The highest BCUT2D eigenvalue weighted by atomic mass is 16.5. The maximum Gasteiger partial charge on any atom is 0.144 e. The van der Waals surface area contributed by atoms with Gasteiger partial charge in [0.2, 0.25) is 0 Å². The Morgan fingerprint density at radius 2 is 1.90 bits per heavy atom. The lowest BCUT2D eigenvalue weighted by atomic mass is 9.99. The molecule has 1 N–H and O–H groups in total. The summed E-state index contributed by atoms with van der Waals surface area (Å²) in [6.07, 6.45) is 4.57. The number of ether oxygens (including phenoxy) is 1. The van der Waals surface area contributed by atoms with E-state index in [9.17, 15) is 0 Å². The molecule has 1 aromatic heterocycles. The molecule has 4 heteroatoms. The standard InChI is InChI=1S/C16H21N3O/c1-4-12(2)13-5-7-15(8-6-13)20-11-14-9-19-16(17-3)10-18-14/h5-10,12H,4,11H2,1-3H3,(H,17,19). The highest BCUT2D eigenvalue weighted by Crippen LogP contribution is 2.21. The number of aromatic nitrogens is 2. The lowest BCUT2D eigenvalue weighted by Crippen LogP contribution is -2.01. The van der Waals surface area contributed by atoms with E-state index in [4.69, 9.17) is 4.74 Å². The van der Waals surface area contributed by atoms with Gasteiger partial charge >= 0.3 is 0 Å². The normalized spacial score (nSPS) is 11.9. The van der Waals surface area contributed by atoms with Crippen LogP contribution in [0.5, 0.6) is 5.75 Å². The number of hydrogen-bond acceptors (Lipinski definition) is 4. The molecule has 0 aliphatic carbocycles. The minimum absolute atomic E-state index is 0.430. The molecule has 0 aliphatic rings. The summed E-state index contributed by atoms with van der Waals surface area (Å²) in [5.74, 6) is 2.20. The second-order valence-electron chi connectivity index (χ2n) is 4.81. The number of nitrogens with zero attached hydrogens (tertiary/aromatic N) is 2. The second-order valence-corrected chi connectivity index (χ2v) is 4.81. The van der Waals surface area contributed by atoms with Crippen LogP contribution >= 0.6 is 0 Å². The monoisotopic (exact) mass is 271 g/mol. The van der Waals surface area contributed by atoms with E-state index in [0.717, 1.165) is 23.7 Å². The number of anilines is 1. The molecule has 2 aromatic rings. The third-order valence-electron chi connectivity index (χ3n) is 3.41. The SMILES string of the molecule is CCC(C)c1ccc(OCc2cnc(NC)cn2)cc1. The van der Waals surface area contributed by atoms with Crippen molar-refractivity contribution in [3.63, 3.8) is 0 Å². The van der Waals surface area contributed by atoms with Gasteiger partial charge in [-0.05, 0) is 30.0 Å². The van der Waals surface area contributed by atoms with Crippen LogP contribution in [0, 0.1) is 0 Å². The summed E-state index contributed by atoms with van der Waals surface area (Å²) in [5, 5.41) is 2.94. The molecule has 0 spiro atoms. The van der Waals surface area contributed by atoms with Gasteiger partial charge in [0.15, 0.2) is 0 Å². The maximum absolute atomic E-state index is 5.71. The van der Waals surface area contributed by atoms with Crippen molar-refractivity contribution in [2.75, 3.05) is 12.4 Å². The average Bonchev–Trinajstić information content (AvgIpc) is 2.53. The van der Waals surface area contributed by atoms with Crippen molar-refractivity contribution >= 4 is 5.82 Å². The molecule has 20 heavy (non-hydrogen) atoms. The molecule has 1 aromatic carbocycles. The van der Waals surface area contributed by atoms with Crippen molar-refractivity contribution < 1.29 is 4.74 Å². The first-order valence-electron chi connectivity index (χ1n) is 6.94. The number of rotatable bonds is 6. The number of benzene rings is 1. The van der Waals surface area contributed by atoms with E-state index in [0.29, 0.717) is 12.5 Å². The van der Waals surface area contributed by atoms with E-state index in [1.54, 1.807) is 12.4 Å². The zero-order chi connectivity index (χ0) is 14.4. The van der Waals surface area contributed by atoms with Gasteiger partial charge in [0.05, 0.1) is 18.1 Å². The fourth-order valence-corrected chi connectivity index (χ4v) is 1.84. The summed E-state index contributed by atoms with van der Waals surface area (Å²) >= 11 is 0. The van der Waals surface area contributed by atoms with Gasteiger partial charge in [-0.25, -0.2) is 4.98 Å². The quantitative estimate of drug-likeness (QED) is 0.872. The lowest BCUT2D eigenvalue weighted by Gasteiger charge is -2.10. The summed E-state index contributed by atoms with van der Waals surface area (Å²) < 4.78 is 5.71. The van der Waals surface area contributed by atoms with E-state index >= 15 is 0 Å². The third-order valence-corrected chi connectivity index (χ3v) is 3.41. The Morgan fingerprint density at radius 3 is 2.45 bits per heavy atom. The van der Waals surface area contributed by atoms with Gasteiger partial charge in [0.25, 0.3) is 0 Å². The zero-order valence-electron chi connectivity index (χ0n) is 12.3. The van der Waals surface area contributed by atoms with Crippen molar-refractivity contribution in [1.82, 2.24) is 9.97 Å². The molecular weight excluding hydrogens is 250 g/mol. The molecule has 1 unspecified atom stereocenters. The van der Waals surface area contributed by atoms with E-state index in [1.165, 1.54) is 5.56 Å².